The van der Waals surface area contributed by atoms with Crippen molar-refractivity contribution in [2.45, 2.75) is 19.9 Å². The molecule has 2 aromatic heterocycles. The number of hydrogen-bond donors (Lipinski definition) is 2. The standard InChI is InChI=1S/C20H21N5O/c1-15-12-18(19(26)22-11-9-16-6-3-2-4-7-16)25-20(24-15)23-14-17-8-5-10-21-13-17/h2-8,10,12-13H,9,11,14H2,1H3,(H,22,26)(H,23,24,25). The molecule has 0 fully saturated rings. The van der Waals surface area contributed by atoms with E-state index in [0.29, 0.717) is 24.7 Å². The van der Waals surface area contributed by atoms with E-state index in [1.807, 2.05) is 49.4 Å². The lowest BCUT2D eigenvalue weighted by molar-refractivity contribution is 0.0949. The molecular weight excluding hydrogens is 326 g/mol. The Kier molecular flexibility index (Phi) is 5.88. The zero-order valence-corrected chi connectivity index (χ0v) is 14.6. The van der Waals surface area contributed by atoms with Crippen molar-refractivity contribution in [3.05, 3.63) is 83.4 Å². The molecule has 0 bridgehead atoms. The number of carbonyl (C=O) groups excluding carboxylic acids is 1. The molecule has 1 amide bonds. The first-order valence-electron chi connectivity index (χ1n) is 8.51. The molecule has 0 aliphatic carbocycles. The van der Waals surface area contributed by atoms with Crippen molar-refractivity contribution in [3.8, 4) is 0 Å². The van der Waals surface area contributed by atoms with Crippen molar-refractivity contribution in [2.24, 2.45) is 0 Å². The monoisotopic (exact) mass is 347 g/mol. The lowest BCUT2D eigenvalue weighted by Crippen LogP contribution is -2.27. The summed E-state index contributed by atoms with van der Waals surface area (Å²) >= 11 is 0. The number of amides is 1. The molecule has 0 aliphatic heterocycles. The van der Waals surface area contributed by atoms with Gasteiger partial charge >= 0.3 is 0 Å². The minimum absolute atomic E-state index is 0.198. The van der Waals surface area contributed by atoms with Gasteiger partial charge < -0.3 is 10.6 Å². The molecule has 0 saturated carbocycles. The average molecular weight is 347 g/mol. The summed E-state index contributed by atoms with van der Waals surface area (Å²) in [4.78, 5) is 25.1. The maximum atomic E-state index is 12.4. The number of aromatic nitrogens is 3. The van der Waals surface area contributed by atoms with Crippen LogP contribution in [0, 0.1) is 6.92 Å². The van der Waals surface area contributed by atoms with E-state index in [1.54, 1.807) is 18.5 Å². The fourth-order valence-corrected chi connectivity index (χ4v) is 2.50. The molecule has 0 radical (unpaired) electrons. The zero-order valence-electron chi connectivity index (χ0n) is 14.6. The van der Waals surface area contributed by atoms with Crippen LogP contribution in [-0.4, -0.2) is 27.4 Å². The Balaban J connectivity index is 1.58. The second-order valence-electron chi connectivity index (χ2n) is 5.92. The van der Waals surface area contributed by atoms with Gasteiger partial charge in [0.15, 0.2) is 0 Å². The van der Waals surface area contributed by atoms with Gasteiger partial charge in [0, 0.05) is 31.2 Å². The van der Waals surface area contributed by atoms with Gasteiger partial charge in [-0.2, -0.15) is 0 Å². The Morgan fingerprint density at radius 1 is 1.04 bits per heavy atom. The molecule has 6 heteroatoms. The maximum Gasteiger partial charge on any atom is 0.270 e. The predicted octanol–water partition coefficient (Wildman–Crippen LogP) is 2.76. The summed E-state index contributed by atoms with van der Waals surface area (Å²) in [6.45, 7) is 2.95. The molecule has 0 spiro atoms. The Hall–Kier alpha value is -3.28. The van der Waals surface area contributed by atoms with E-state index in [0.717, 1.165) is 17.7 Å². The summed E-state index contributed by atoms with van der Waals surface area (Å²) in [6.07, 6.45) is 4.29. The number of hydrogen-bond acceptors (Lipinski definition) is 5. The summed E-state index contributed by atoms with van der Waals surface area (Å²) in [6, 6.07) is 15.6. The molecule has 6 nitrogen and oxygen atoms in total. The van der Waals surface area contributed by atoms with Gasteiger partial charge in [0.25, 0.3) is 5.91 Å². The third-order valence-electron chi connectivity index (χ3n) is 3.80. The van der Waals surface area contributed by atoms with Gasteiger partial charge in [0.1, 0.15) is 5.69 Å². The van der Waals surface area contributed by atoms with E-state index >= 15 is 0 Å². The van der Waals surface area contributed by atoms with Crippen LogP contribution in [0.25, 0.3) is 0 Å². The van der Waals surface area contributed by atoms with Crippen LogP contribution in [0.4, 0.5) is 5.95 Å². The average Bonchev–Trinajstić information content (AvgIpc) is 2.67. The van der Waals surface area contributed by atoms with Gasteiger partial charge in [-0.05, 0) is 36.6 Å². The molecule has 132 valence electrons. The van der Waals surface area contributed by atoms with Crippen LogP contribution in [0.1, 0.15) is 27.3 Å². The van der Waals surface area contributed by atoms with Gasteiger partial charge in [-0.3, -0.25) is 9.78 Å². The number of pyridine rings is 1. The van der Waals surface area contributed by atoms with E-state index in [-0.39, 0.29) is 5.91 Å². The molecule has 0 unspecified atom stereocenters. The molecular formula is C20H21N5O. The van der Waals surface area contributed by atoms with Crippen LogP contribution < -0.4 is 10.6 Å². The first-order valence-corrected chi connectivity index (χ1v) is 8.51. The van der Waals surface area contributed by atoms with Crippen molar-refractivity contribution in [3.63, 3.8) is 0 Å². The van der Waals surface area contributed by atoms with E-state index in [1.165, 1.54) is 5.56 Å². The molecule has 0 atom stereocenters. The second kappa shape index (κ2) is 8.71. The molecule has 3 rings (SSSR count). The normalized spacial score (nSPS) is 10.3. The quantitative estimate of drug-likeness (QED) is 0.687. The van der Waals surface area contributed by atoms with Crippen molar-refractivity contribution in [1.82, 2.24) is 20.3 Å². The molecule has 2 N–H and O–H groups in total. The molecule has 1 aromatic carbocycles. The van der Waals surface area contributed by atoms with Crippen molar-refractivity contribution in [1.29, 1.82) is 0 Å². The summed E-state index contributed by atoms with van der Waals surface area (Å²) in [5, 5.41) is 6.05. The summed E-state index contributed by atoms with van der Waals surface area (Å²) in [5.41, 5.74) is 3.30. The van der Waals surface area contributed by atoms with Gasteiger partial charge in [0.05, 0.1) is 0 Å². The molecule has 2 heterocycles. The zero-order chi connectivity index (χ0) is 18.2. The Labute approximate surface area is 152 Å². The minimum atomic E-state index is -0.198. The summed E-state index contributed by atoms with van der Waals surface area (Å²) < 4.78 is 0. The van der Waals surface area contributed by atoms with Gasteiger partial charge in [-0.25, -0.2) is 9.97 Å². The van der Waals surface area contributed by atoms with E-state index < -0.39 is 0 Å². The van der Waals surface area contributed by atoms with Crippen LogP contribution >= 0.6 is 0 Å². The highest BCUT2D eigenvalue weighted by atomic mass is 16.1. The maximum absolute atomic E-state index is 12.4. The lowest BCUT2D eigenvalue weighted by Gasteiger charge is -2.09. The highest BCUT2D eigenvalue weighted by Gasteiger charge is 2.10. The molecule has 0 saturated heterocycles. The number of nitrogens with zero attached hydrogens (tertiary/aromatic N) is 3. The van der Waals surface area contributed by atoms with Crippen LogP contribution in [-0.2, 0) is 13.0 Å². The van der Waals surface area contributed by atoms with Crippen LogP contribution in [0.2, 0.25) is 0 Å². The fourth-order valence-electron chi connectivity index (χ4n) is 2.50. The number of nitrogens with one attached hydrogen (secondary N) is 2. The number of aryl methyl sites for hydroxylation is 1. The first-order chi connectivity index (χ1) is 12.7. The predicted molar refractivity (Wildman–Crippen MR) is 101 cm³/mol. The Morgan fingerprint density at radius 2 is 1.85 bits per heavy atom. The lowest BCUT2D eigenvalue weighted by atomic mass is 10.1. The Morgan fingerprint density at radius 3 is 2.62 bits per heavy atom. The first kappa shape index (κ1) is 17.5. The molecule has 0 aliphatic rings. The third-order valence-corrected chi connectivity index (χ3v) is 3.80. The number of benzene rings is 1. The van der Waals surface area contributed by atoms with Gasteiger partial charge in [-0.15, -0.1) is 0 Å². The highest BCUT2D eigenvalue weighted by molar-refractivity contribution is 5.92. The van der Waals surface area contributed by atoms with Crippen LogP contribution in [0.5, 0.6) is 0 Å². The smallest absolute Gasteiger partial charge is 0.270 e. The van der Waals surface area contributed by atoms with Gasteiger partial charge in [-0.1, -0.05) is 36.4 Å². The van der Waals surface area contributed by atoms with Crippen LogP contribution in [0.3, 0.4) is 0 Å². The fraction of sp³-hybridized carbons (Fsp3) is 0.200. The summed E-state index contributed by atoms with van der Waals surface area (Å²) in [7, 11) is 0. The van der Waals surface area contributed by atoms with Gasteiger partial charge in [0.2, 0.25) is 5.95 Å². The molecule has 3 aromatic rings. The van der Waals surface area contributed by atoms with E-state index in [4.69, 9.17) is 0 Å². The van der Waals surface area contributed by atoms with Crippen LogP contribution in [0.15, 0.2) is 60.9 Å². The van der Waals surface area contributed by atoms with Crippen molar-refractivity contribution in [2.75, 3.05) is 11.9 Å². The topological polar surface area (TPSA) is 79.8 Å². The minimum Gasteiger partial charge on any atom is -0.350 e. The number of anilines is 1. The number of carbonyl (C=O) groups is 1. The summed E-state index contributed by atoms with van der Waals surface area (Å²) in [5.74, 6) is 0.234. The molecule has 26 heavy (non-hydrogen) atoms. The van der Waals surface area contributed by atoms with E-state index in [9.17, 15) is 4.79 Å². The van der Waals surface area contributed by atoms with E-state index in [2.05, 4.69) is 25.6 Å². The SMILES string of the molecule is Cc1cc(C(=O)NCCc2ccccc2)nc(NCc2cccnc2)n1. The van der Waals surface area contributed by atoms with Crippen molar-refractivity contribution >= 4 is 11.9 Å². The largest absolute Gasteiger partial charge is 0.350 e. The highest BCUT2D eigenvalue weighted by Crippen LogP contribution is 2.07. The third kappa shape index (κ3) is 5.11. The second-order valence-corrected chi connectivity index (χ2v) is 5.92. The Bertz CT molecular complexity index is 853. The van der Waals surface area contributed by atoms with Crippen molar-refractivity contribution < 1.29 is 4.79 Å². The number of rotatable bonds is 7.